The van der Waals surface area contributed by atoms with Crippen molar-refractivity contribution < 1.29 is 22.0 Å². The lowest BCUT2D eigenvalue weighted by Crippen LogP contribution is -2.25. The van der Waals surface area contributed by atoms with Crippen molar-refractivity contribution in [3.05, 3.63) is 41.4 Å². The minimum Gasteiger partial charge on any atom is -0.325 e. The smallest absolute Gasteiger partial charge is 0.257 e. The standard InChI is InChI=1S/C13H13ClF2N4O3S/c14-9-2-1-3-10(4-9)19-13(21)7-24(22,23)6-12-17-8-18-20(12)5-11(15)16/h1-4,8,11H,5-7H2,(H,19,21). The van der Waals surface area contributed by atoms with Crippen molar-refractivity contribution >= 4 is 33.0 Å². The number of carbonyl (C=O) groups is 1. The number of sulfone groups is 1. The van der Waals surface area contributed by atoms with E-state index in [0.717, 1.165) is 11.0 Å². The van der Waals surface area contributed by atoms with Gasteiger partial charge in [-0.25, -0.2) is 26.9 Å². The number of nitrogens with one attached hydrogen (secondary N) is 1. The Balaban J connectivity index is 2.01. The first-order valence-electron chi connectivity index (χ1n) is 6.66. The van der Waals surface area contributed by atoms with Crippen LogP contribution in [0.4, 0.5) is 14.5 Å². The van der Waals surface area contributed by atoms with Gasteiger partial charge in [0, 0.05) is 10.7 Å². The maximum Gasteiger partial charge on any atom is 0.257 e. The Labute approximate surface area is 141 Å². The van der Waals surface area contributed by atoms with Gasteiger partial charge >= 0.3 is 0 Å². The highest BCUT2D eigenvalue weighted by Gasteiger charge is 2.21. The molecule has 1 aromatic heterocycles. The lowest BCUT2D eigenvalue weighted by Gasteiger charge is -2.08. The predicted molar refractivity (Wildman–Crippen MR) is 83.6 cm³/mol. The Morgan fingerprint density at radius 2 is 2.12 bits per heavy atom. The number of benzene rings is 1. The zero-order valence-corrected chi connectivity index (χ0v) is 13.8. The van der Waals surface area contributed by atoms with Crippen molar-refractivity contribution in [3.8, 4) is 0 Å². The fraction of sp³-hybridized carbons (Fsp3) is 0.308. The normalized spacial score (nSPS) is 11.7. The van der Waals surface area contributed by atoms with Gasteiger partial charge in [-0.3, -0.25) is 4.79 Å². The highest BCUT2D eigenvalue weighted by atomic mass is 35.5. The molecule has 0 spiro atoms. The van der Waals surface area contributed by atoms with Crippen molar-refractivity contribution in [3.63, 3.8) is 0 Å². The average Bonchev–Trinajstić information content (AvgIpc) is 2.83. The summed E-state index contributed by atoms with van der Waals surface area (Å²) in [5.74, 6) is -2.40. The van der Waals surface area contributed by atoms with Crippen LogP contribution in [-0.4, -0.2) is 41.3 Å². The van der Waals surface area contributed by atoms with Gasteiger partial charge < -0.3 is 5.32 Å². The number of hydrogen-bond acceptors (Lipinski definition) is 5. The molecule has 0 bridgehead atoms. The van der Waals surface area contributed by atoms with Crippen LogP contribution in [0.15, 0.2) is 30.6 Å². The monoisotopic (exact) mass is 378 g/mol. The zero-order valence-electron chi connectivity index (χ0n) is 12.2. The summed E-state index contributed by atoms with van der Waals surface area (Å²) in [5, 5.41) is 6.33. The molecule has 2 rings (SSSR count). The van der Waals surface area contributed by atoms with Crippen molar-refractivity contribution in [1.29, 1.82) is 0 Å². The maximum absolute atomic E-state index is 12.4. The third-order valence-electron chi connectivity index (χ3n) is 2.82. The fourth-order valence-corrected chi connectivity index (χ4v) is 3.27. The van der Waals surface area contributed by atoms with Crippen LogP contribution in [0.2, 0.25) is 5.02 Å². The highest BCUT2D eigenvalue weighted by molar-refractivity contribution is 7.91. The van der Waals surface area contributed by atoms with E-state index >= 15 is 0 Å². The second-order valence-electron chi connectivity index (χ2n) is 4.84. The van der Waals surface area contributed by atoms with Crippen molar-refractivity contribution in [1.82, 2.24) is 14.8 Å². The quantitative estimate of drug-likeness (QED) is 0.792. The number of anilines is 1. The number of halogens is 3. The van der Waals surface area contributed by atoms with Crippen molar-refractivity contribution in [2.45, 2.75) is 18.7 Å². The van der Waals surface area contributed by atoms with E-state index in [0.29, 0.717) is 10.7 Å². The van der Waals surface area contributed by atoms with Crippen LogP contribution >= 0.6 is 11.6 Å². The summed E-state index contributed by atoms with van der Waals surface area (Å²) in [4.78, 5) is 15.5. The maximum atomic E-state index is 12.4. The molecule has 24 heavy (non-hydrogen) atoms. The van der Waals surface area contributed by atoms with Gasteiger partial charge in [-0.1, -0.05) is 17.7 Å². The number of nitrogens with zero attached hydrogens (tertiary/aromatic N) is 3. The summed E-state index contributed by atoms with van der Waals surface area (Å²) in [5.41, 5.74) is 0.351. The van der Waals surface area contributed by atoms with Crippen LogP contribution < -0.4 is 5.32 Å². The molecule has 0 saturated carbocycles. The molecule has 1 heterocycles. The van der Waals surface area contributed by atoms with Crippen molar-refractivity contribution in [2.75, 3.05) is 11.1 Å². The first kappa shape index (κ1) is 18.3. The van der Waals surface area contributed by atoms with Crippen molar-refractivity contribution in [2.24, 2.45) is 0 Å². The van der Waals surface area contributed by atoms with Crippen LogP contribution in [0, 0.1) is 0 Å². The average molecular weight is 379 g/mol. The number of aromatic nitrogens is 3. The summed E-state index contributed by atoms with van der Waals surface area (Å²) >= 11 is 5.77. The van der Waals surface area contributed by atoms with E-state index in [9.17, 15) is 22.0 Å². The number of carbonyl (C=O) groups excluding carboxylic acids is 1. The summed E-state index contributed by atoms with van der Waals surface area (Å²) < 4.78 is 49.7. The summed E-state index contributed by atoms with van der Waals surface area (Å²) in [6.07, 6.45) is -1.71. The molecule has 130 valence electrons. The van der Waals surface area contributed by atoms with Gasteiger partial charge in [0.2, 0.25) is 5.91 Å². The Kier molecular flexibility index (Phi) is 5.84. The second-order valence-corrected chi connectivity index (χ2v) is 7.34. The number of amides is 1. The summed E-state index contributed by atoms with van der Waals surface area (Å²) in [6.45, 7) is -0.764. The van der Waals surface area contributed by atoms with Crippen LogP contribution in [0.3, 0.4) is 0 Å². The minimum absolute atomic E-state index is 0.147. The van der Waals surface area contributed by atoms with E-state index in [1.807, 2.05) is 0 Å². The van der Waals surface area contributed by atoms with E-state index < -0.39 is 40.2 Å². The van der Waals surface area contributed by atoms with Crippen LogP contribution in [-0.2, 0) is 26.9 Å². The van der Waals surface area contributed by atoms with Gasteiger partial charge in [-0.15, -0.1) is 0 Å². The molecule has 1 aromatic carbocycles. The molecular formula is C13H13ClF2N4O3S. The van der Waals surface area contributed by atoms with E-state index in [-0.39, 0.29) is 5.82 Å². The topological polar surface area (TPSA) is 93.9 Å². The van der Waals surface area contributed by atoms with Crippen LogP contribution in [0.25, 0.3) is 0 Å². The predicted octanol–water partition coefficient (Wildman–Crippen LogP) is 1.75. The number of hydrogen-bond donors (Lipinski definition) is 1. The van der Waals surface area contributed by atoms with Crippen LogP contribution in [0.1, 0.15) is 5.82 Å². The molecule has 11 heteroatoms. The SMILES string of the molecule is O=C(CS(=O)(=O)Cc1ncnn1CC(F)F)Nc1cccc(Cl)c1. The molecule has 0 atom stereocenters. The van der Waals surface area contributed by atoms with Gasteiger partial charge in [0.25, 0.3) is 6.43 Å². The third kappa shape index (κ3) is 5.53. The summed E-state index contributed by atoms with van der Waals surface area (Å²) in [6, 6.07) is 6.21. The van der Waals surface area contributed by atoms with Gasteiger partial charge in [-0.2, -0.15) is 5.10 Å². The first-order valence-corrected chi connectivity index (χ1v) is 8.86. The zero-order chi connectivity index (χ0) is 17.7. The molecule has 0 aliphatic carbocycles. The fourth-order valence-electron chi connectivity index (χ4n) is 1.89. The Morgan fingerprint density at radius 1 is 1.38 bits per heavy atom. The number of rotatable bonds is 7. The molecule has 2 aromatic rings. The van der Waals surface area contributed by atoms with Crippen LogP contribution in [0.5, 0.6) is 0 Å². The Bertz CT molecular complexity index is 826. The molecule has 7 nitrogen and oxygen atoms in total. The van der Waals surface area contributed by atoms with Gasteiger partial charge in [-0.05, 0) is 18.2 Å². The van der Waals surface area contributed by atoms with E-state index in [4.69, 9.17) is 11.6 Å². The Morgan fingerprint density at radius 3 is 2.79 bits per heavy atom. The summed E-state index contributed by atoms with van der Waals surface area (Å²) in [7, 11) is -3.91. The molecule has 0 saturated heterocycles. The molecule has 0 aliphatic heterocycles. The molecule has 0 radical (unpaired) electrons. The lowest BCUT2D eigenvalue weighted by molar-refractivity contribution is -0.113. The molecular weight excluding hydrogens is 366 g/mol. The van der Waals surface area contributed by atoms with E-state index in [1.165, 1.54) is 6.07 Å². The van der Waals surface area contributed by atoms with Gasteiger partial charge in [0.05, 0.1) is 0 Å². The van der Waals surface area contributed by atoms with Gasteiger partial charge in [0.1, 0.15) is 30.2 Å². The highest BCUT2D eigenvalue weighted by Crippen LogP contribution is 2.15. The third-order valence-corrected chi connectivity index (χ3v) is 4.45. The van der Waals surface area contributed by atoms with E-state index in [1.54, 1.807) is 18.2 Å². The molecule has 1 N–H and O–H groups in total. The number of alkyl halides is 2. The molecule has 0 aliphatic rings. The Hall–Kier alpha value is -2.07. The molecule has 0 fully saturated rings. The van der Waals surface area contributed by atoms with Gasteiger partial charge in [0.15, 0.2) is 9.84 Å². The van der Waals surface area contributed by atoms with E-state index in [2.05, 4.69) is 15.4 Å². The first-order chi connectivity index (χ1) is 11.2. The largest absolute Gasteiger partial charge is 0.325 e. The molecule has 1 amide bonds. The lowest BCUT2D eigenvalue weighted by atomic mass is 10.3. The minimum atomic E-state index is -3.91. The second kappa shape index (κ2) is 7.67. The molecule has 0 unspecified atom stereocenters.